The molecule has 16 aromatic rings. The second-order valence-corrected chi connectivity index (χ2v) is 36.2. The summed E-state index contributed by atoms with van der Waals surface area (Å²) in [6, 6.07) is 35.9. The van der Waals surface area contributed by atoms with E-state index in [1.165, 1.54) is 19.3 Å². The van der Waals surface area contributed by atoms with Crippen LogP contribution in [0, 0.1) is 55.4 Å². The zero-order valence-electron chi connectivity index (χ0n) is 76.5. The fourth-order valence-electron chi connectivity index (χ4n) is 19.5. The number of benzene rings is 4. The summed E-state index contributed by atoms with van der Waals surface area (Å²) >= 11 is 0. The lowest BCUT2D eigenvalue weighted by Gasteiger charge is -2.38. The SMILES string of the molecule is CCN(CC)C1CCN(c2ccc3cc(-c4cn5cc(C)nc(C)c5n4)c(=O)oc3c2)CC1.Cc1cn2cc(-c3cc4ccc(N5CCC(N(C)C)CC5)cc4oc3=O)nc2c(C)n1.Cc1cn2cc(-c3cc4ccc(N5CCC(NC(C)C)CC5)cc4oc3=O)nc2c(C)n1.Cc1cn2cc(-c3cc4ccc(N5CCC(NC6CCC6)CC5)cc4oc3=O)nc2c(C)n1. The molecule has 5 fully saturated rings. The maximum Gasteiger partial charge on any atom is 0.345 e. The van der Waals surface area contributed by atoms with Gasteiger partial charge in [-0.3, -0.25) is 19.9 Å². The molecular weight excluding hydrogens is 1620 g/mol. The number of anilines is 4. The van der Waals surface area contributed by atoms with Crippen molar-refractivity contribution in [2.75, 3.05) is 99.1 Å². The summed E-state index contributed by atoms with van der Waals surface area (Å²) in [5, 5.41) is 11.0. The maximum absolute atomic E-state index is 12.9. The van der Waals surface area contributed by atoms with Gasteiger partial charge in [0.25, 0.3) is 0 Å². The lowest BCUT2D eigenvalue weighted by molar-refractivity contribution is 0.186. The molecule has 0 radical (unpaired) electrons. The predicted molar refractivity (Wildman–Crippen MR) is 512 cm³/mol. The zero-order chi connectivity index (χ0) is 89.7. The maximum atomic E-state index is 12.9. The van der Waals surface area contributed by atoms with Crippen molar-refractivity contribution in [2.24, 2.45) is 0 Å². The lowest BCUT2D eigenvalue weighted by atomic mass is 9.91. The van der Waals surface area contributed by atoms with Crippen molar-refractivity contribution in [1.29, 1.82) is 0 Å². The molecule has 16 heterocycles. The van der Waals surface area contributed by atoms with Crippen molar-refractivity contribution in [3.63, 3.8) is 0 Å². The Labute approximate surface area is 748 Å². The number of piperidine rings is 4. The van der Waals surface area contributed by atoms with Gasteiger partial charge in [-0.15, -0.1) is 0 Å². The molecule has 0 amide bonds. The molecule has 4 aliphatic heterocycles. The topological polar surface area (TPSA) is 285 Å². The van der Waals surface area contributed by atoms with Gasteiger partial charge in [-0.25, -0.2) is 39.1 Å². The minimum Gasteiger partial charge on any atom is -0.422 e. The van der Waals surface area contributed by atoms with Gasteiger partial charge in [0.2, 0.25) is 0 Å². The number of aromatic nitrogens is 12. The highest BCUT2D eigenvalue weighted by molar-refractivity contribution is 5.88. The molecule has 0 bridgehead atoms. The van der Waals surface area contributed by atoms with Crippen molar-refractivity contribution in [3.05, 3.63) is 234 Å². The van der Waals surface area contributed by atoms with Crippen molar-refractivity contribution in [1.82, 2.24) is 77.9 Å². The van der Waals surface area contributed by atoms with Gasteiger partial charge in [-0.1, -0.05) is 34.1 Å². The number of fused-ring (bicyclic) bond motifs is 8. The number of aryl methyl sites for hydroxylation is 8. The third kappa shape index (κ3) is 18.7. The van der Waals surface area contributed by atoms with E-state index in [1.54, 1.807) is 0 Å². The van der Waals surface area contributed by atoms with Gasteiger partial charge < -0.3 is 75.3 Å². The minimum atomic E-state index is -0.375. The van der Waals surface area contributed by atoms with E-state index in [1.807, 2.05) is 195 Å². The van der Waals surface area contributed by atoms with Crippen molar-refractivity contribution >= 4 is 89.2 Å². The molecule has 0 spiro atoms. The number of imidazole rings is 4. The molecule has 1 aliphatic carbocycles. The third-order valence-corrected chi connectivity index (χ3v) is 26.5. The van der Waals surface area contributed by atoms with Crippen molar-refractivity contribution < 1.29 is 17.7 Å². The molecule has 5 aliphatic rings. The van der Waals surface area contributed by atoms with Crippen LogP contribution in [-0.2, 0) is 0 Å². The Morgan fingerprint density at radius 1 is 0.349 bits per heavy atom. The summed E-state index contributed by atoms with van der Waals surface area (Å²) in [6.45, 7) is 34.6. The van der Waals surface area contributed by atoms with Crippen LogP contribution in [0.1, 0.15) is 144 Å². The van der Waals surface area contributed by atoms with Gasteiger partial charge in [-0.2, -0.15) is 0 Å². The van der Waals surface area contributed by atoms with E-state index in [0.29, 0.717) is 97.6 Å². The van der Waals surface area contributed by atoms with Gasteiger partial charge in [0.05, 0.1) is 90.6 Å². The highest BCUT2D eigenvalue weighted by Gasteiger charge is 2.30. The molecule has 4 saturated heterocycles. The van der Waals surface area contributed by atoms with Crippen LogP contribution in [0.4, 0.5) is 22.7 Å². The first-order valence-electron chi connectivity index (χ1n) is 45.8. The van der Waals surface area contributed by atoms with Crippen LogP contribution in [0.2, 0.25) is 0 Å². The summed E-state index contributed by atoms with van der Waals surface area (Å²) < 4.78 is 30.7. The van der Waals surface area contributed by atoms with E-state index < -0.39 is 0 Å². The largest absolute Gasteiger partial charge is 0.422 e. The normalized spacial score (nSPS) is 15.9. The summed E-state index contributed by atoms with van der Waals surface area (Å²) in [5.41, 5.74) is 19.6. The molecular formula is C101H116N20O8. The minimum absolute atomic E-state index is 0.367. The standard InChI is InChI=1S/C26H29N5O2.C26H31N5O2.C25H29N5O2.C24H27N5O2/c1-16-14-31-15-23(29-25(31)17(2)27-16)22-12-18-6-7-21(13-24(18)33-26(22)32)30-10-8-20(9-11-30)28-19-4-3-5-19;1-5-29(6-2)20-9-11-30(12-10-20)21-8-7-19-13-22(26(32)33-24(19)14-21)23-16-31-15-17(3)27-18(4)25(31)28-23;1-15(2)26-19-7-9-29(10-8-19)20-6-5-18-11-21(25(31)32-23(18)12-20)22-14-30-13-16(3)27-17(4)24(30)28-22;1-15-13-29-14-21(26-23(29)16(2)25-15)20-11-17-5-6-19(12-22(17)31-24(20)30)28-9-7-18(8-10-28)27(3)4/h6-7,12-15,19-20,28H,3-5,8-11H2,1-2H3;7-8,13-16,20H,5-6,9-12H2,1-4H3;5-6,11-15,19,26H,7-10H2,1-4H3;5-6,11-14,18H,7-10H2,1-4H3. The first-order valence-corrected chi connectivity index (χ1v) is 45.8. The highest BCUT2D eigenvalue weighted by atomic mass is 16.4. The van der Waals surface area contributed by atoms with E-state index in [-0.39, 0.29) is 22.5 Å². The second-order valence-electron chi connectivity index (χ2n) is 36.2. The van der Waals surface area contributed by atoms with Crippen LogP contribution in [0.15, 0.2) is 183 Å². The Balaban J connectivity index is 0.000000116. The van der Waals surface area contributed by atoms with Gasteiger partial charge in [0.1, 0.15) is 22.3 Å². The number of hydrogen-bond acceptors (Lipinski definition) is 24. The molecule has 28 nitrogen and oxygen atoms in total. The van der Waals surface area contributed by atoms with Gasteiger partial charge in [0, 0.05) is 207 Å². The Morgan fingerprint density at radius 2 is 0.620 bits per heavy atom. The Kier molecular flexibility index (Phi) is 24.8. The average molecular weight is 1740 g/mol. The molecule has 4 aromatic carbocycles. The van der Waals surface area contributed by atoms with Crippen LogP contribution >= 0.6 is 0 Å². The van der Waals surface area contributed by atoms with Crippen LogP contribution in [0.25, 0.3) is 111 Å². The van der Waals surface area contributed by atoms with Gasteiger partial charge >= 0.3 is 22.5 Å². The number of nitrogens with zero attached hydrogens (tertiary/aromatic N) is 18. The van der Waals surface area contributed by atoms with Gasteiger partial charge in [0.15, 0.2) is 22.6 Å². The van der Waals surface area contributed by atoms with E-state index in [0.717, 1.165) is 235 Å². The average Bonchev–Trinajstić information content (AvgIpc) is 1.74. The Hall–Kier alpha value is -12.8. The van der Waals surface area contributed by atoms with E-state index in [4.69, 9.17) is 17.7 Å². The fraction of sp³-hybridized carbons (Fsp3) is 0.406. The summed E-state index contributed by atoms with van der Waals surface area (Å²) in [4.78, 5) is 102. The molecule has 668 valence electrons. The quantitative estimate of drug-likeness (QED) is 0.0850. The Morgan fingerprint density at radius 3 is 0.884 bits per heavy atom. The Bertz CT molecular complexity index is 7120. The lowest BCUT2D eigenvalue weighted by Crippen LogP contribution is -2.48. The molecule has 21 rings (SSSR count). The molecule has 129 heavy (non-hydrogen) atoms. The van der Waals surface area contributed by atoms with E-state index in [2.05, 4.69) is 146 Å². The summed E-state index contributed by atoms with van der Waals surface area (Å²) in [7, 11) is 4.29. The van der Waals surface area contributed by atoms with Crippen LogP contribution in [0.3, 0.4) is 0 Å². The van der Waals surface area contributed by atoms with Crippen LogP contribution < -0.4 is 52.7 Å². The third-order valence-electron chi connectivity index (χ3n) is 26.5. The monoisotopic (exact) mass is 1740 g/mol. The summed E-state index contributed by atoms with van der Waals surface area (Å²) in [6.07, 6.45) is 28.2. The number of hydrogen-bond donors (Lipinski definition) is 2. The first kappa shape index (κ1) is 87.0. The summed E-state index contributed by atoms with van der Waals surface area (Å²) in [5.74, 6) is 0. The molecule has 28 heteroatoms. The predicted octanol–water partition coefficient (Wildman–Crippen LogP) is 16.4. The molecule has 1 saturated carbocycles. The molecule has 12 aromatic heterocycles. The van der Waals surface area contributed by atoms with E-state index in [9.17, 15) is 19.2 Å². The number of rotatable bonds is 16. The van der Waals surface area contributed by atoms with E-state index >= 15 is 0 Å². The molecule has 0 atom stereocenters. The van der Waals surface area contributed by atoms with Gasteiger partial charge in [-0.05, 0) is 220 Å². The fourth-order valence-corrected chi connectivity index (χ4v) is 19.5. The van der Waals surface area contributed by atoms with Crippen molar-refractivity contribution in [3.8, 4) is 45.0 Å². The van der Waals surface area contributed by atoms with Crippen molar-refractivity contribution in [2.45, 2.75) is 190 Å². The smallest absolute Gasteiger partial charge is 0.345 e. The van der Waals surface area contributed by atoms with Crippen LogP contribution in [0.5, 0.6) is 0 Å². The number of nitrogens with one attached hydrogen (secondary N) is 2. The molecule has 2 N–H and O–H groups in total. The van der Waals surface area contributed by atoms with Crippen LogP contribution in [-0.4, -0.2) is 183 Å². The zero-order valence-corrected chi connectivity index (χ0v) is 76.5. The second kappa shape index (κ2) is 36.8. The molecule has 0 unspecified atom stereocenters. The highest BCUT2D eigenvalue weighted by Crippen LogP contribution is 2.35. The first-order chi connectivity index (χ1) is 62.2.